The van der Waals surface area contributed by atoms with E-state index >= 15 is 0 Å². The SMILES string of the molecule is C[C@@H]1CN(c2cc(Cl)c3c(Nc4cc(F)c5nn(C)cc5c4)nn(C)c3c2)C[C@@H](C)N1. The first-order chi connectivity index (χ1) is 14.8. The molecule has 0 amide bonds. The third-order valence-corrected chi connectivity index (χ3v) is 6.05. The predicted molar refractivity (Wildman–Crippen MR) is 124 cm³/mol. The van der Waals surface area contributed by atoms with Gasteiger partial charge in [-0.15, -0.1) is 0 Å². The van der Waals surface area contributed by atoms with Crippen LogP contribution in [-0.2, 0) is 14.1 Å². The van der Waals surface area contributed by atoms with Gasteiger partial charge < -0.3 is 15.5 Å². The summed E-state index contributed by atoms with van der Waals surface area (Å²) in [6.07, 6.45) is 1.79. The topological polar surface area (TPSA) is 62.9 Å². The Hall–Kier alpha value is -2.84. The maximum absolute atomic E-state index is 14.5. The zero-order valence-electron chi connectivity index (χ0n) is 17.9. The van der Waals surface area contributed by atoms with Crippen molar-refractivity contribution in [3.8, 4) is 0 Å². The standard InChI is InChI=1S/C22H25ClFN7/c1-12-9-31(10-13(2)25-12)16-7-17(23)20-19(8-16)30(4)28-22(20)26-15-5-14-11-29(3)27-21(14)18(24)6-15/h5-8,11-13,25H,9-10H2,1-4H3,(H,26,28)/t12-,13-/m1/s1. The molecule has 0 radical (unpaired) electrons. The van der Waals surface area contributed by atoms with E-state index in [1.807, 2.05) is 19.2 Å². The number of rotatable bonds is 3. The molecule has 1 aliphatic rings. The normalized spacial score (nSPS) is 19.5. The summed E-state index contributed by atoms with van der Waals surface area (Å²) in [6.45, 7) is 6.21. The molecule has 1 fully saturated rings. The summed E-state index contributed by atoms with van der Waals surface area (Å²) in [5, 5.41) is 17.7. The number of anilines is 3. The van der Waals surface area contributed by atoms with E-state index in [0.717, 1.165) is 35.1 Å². The highest BCUT2D eigenvalue weighted by atomic mass is 35.5. The van der Waals surface area contributed by atoms with E-state index in [0.29, 0.717) is 34.1 Å². The Labute approximate surface area is 184 Å². The van der Waals surface area contributed by atoms with Gasteiger partial charge in [0.05, 0.1) is 15.9 Å². The van der Waals surface area contributed by atoms with E-state index in [4.69, 9.17) is 11.6 Å². The van der Waals surface area contributed by atoms with E-state index in [1.165, 1.54) is 6.07 Å². The molecular formula is C22H25ClFN7. The number of hydrogen-bond donors (Lipinski definition) is 2. The Morgan fingerprint density at radius 3 is 2.58 bits per heavy atom. The van der Waals surface area contributed by atoms with Crippen LogP contribution in [-0.4, -0.2) is 44.7 Å². The summed E-state index contributed by atoms with van der Waals surface area (Å²) < 4.78 is 17.9. The van der Waals surface area contributed by atoms with Crippen molar-refractivity contribution in [3.05, 3.63) is 41.3 Å². The van der Waals surface area contributed by atoms with Crippen LogP contribution in [0.15, 0.2) is 30.5 Å². The lowest BCUT2D eigenvalue weighted by molar-refractivity contribution is 0.407. The summed E-state index contributed by atoms with van der Waals surface area (Å²) >= 11 is 6.75. The molecule has 31 heavy (non-hydrogen) atoms. The van der Waals surface area contributed by atoms with Gasteiger partial charge >= 0.3 is 0 Å². The Kier molecular flexibility index (Phi) is 4.79. The second-order valence-electron chi connectivity index (χ2n) is 8.49. The fraction of sp³-hybridized carbons (Fsp3) is 0.364. The molecule has 0 saturated carbocycles. The Balaban J connectivity index is 1.53. The molecule has 0 spiro atoms. The van der Waals surface area contributed by atoms with Crippen molar-refractivity contribution in [1.82, 2.24) is 24.9 Å². The Morgan fingerprint density at radius 1 is 1.10 bits per heavy atom. The number of benzene rings is 2. The first kappa shape index (κ1) is 20.1. The quantitative estimate of drug-likeness (QED) is 0.499. The molecule has 0 unspecified atom stereocenters. The van der Waals surface area contributed by atoms with Crippen LogP contribution in [0, 0.1) is 5.82 Å². The van der Waals surface area contributed by atoms with E-state index in [9.17, 15) is 4.39 Å². The Morgan fingerprint density at radius 2 is 1.84 bits per heavy atom. The molecule has 2 N–H and O–H groups in total. The number of aryl methyl sites for hydroxylation is 2. The van der Waals surface area contributed by atoms with Crippen molar-refractivity contribution in [2.45, 2.75) is 25.9 Å². The van der Waals surface area contributed by atoms with Crippen LogP contribution in [0.25, 0.3) is 21.8 Å². The van der Waals surface area contributed by atoms with Crippen molar-refractivity contribution in [2.24, 2.45) is 14.1 Å². The van der Waals surface area contributed by atoms with Crippen LogP contribution in [0.5, 0.6) is 0 Å². The molecule has 3 heterocycles. The number of aromatic nitrogens is 4. The molecule has 162 valence electrons. The van der Waals surface area contributed by atoms with Crippen LogP contribution in [0.4, 0.5) is 21.6 Å². The van der Waals surface area contributed by atoms with Crippen LogP contribution >= 0.6 is 11.6 Å². The van der Waals surface area contributed by atoms with E-state index in [2.05, 4.69) is 45.6 Å². The first-order valence-corrected chi connectivity index (χ1v) is 10.7. The number of halogens is 2. The van der Waals surface area contributed by atoms with Gasteiger partial charge in [0.2, 0.25) is 0 Å². The Bertz CT molecular complexity index is 1280. The lowest BCUT2D eigenvalue weighted by Gasteiger charge is -2.37. The number of fused-ring (bicyclic) bond motifs is 2. The molecule has 7 nitrogen and oxygen atoms in total. The van der Waals surface area contributed by atoms with E-state index < -0.39 is 0 Å². The summed E-state index contributed by atoms with van der Waals surface area (Å²) in [5.74, 6) is 0.218. The van der Waals surface area contributed by atoms with Gasteiger partial charge in [-0.2, -0.15) is 10.2 Å². The van der Waals surface area contributed by atoms with Gasteiger partial charge in [-0.05, 0) is 38.1 Å². The highest BCUT2D eigenvalue weighted by Gasteiger charge is 2.23. The lowest BCUT2D eigenvalue weighted by atomic mass is 10.1. The van der Waals surface area contributed by atoms with Crippen LogP contribution in [0.1, 0.15) is 13.8 Å². The minimum atomic E-state index is -0.379. The largest absolute Gasteiger partial charge is 0.368 e. The molecule has 2 aromatic heterocycles. The van der Waals surface area contributed by atoms with Gasteiger partial charge in [-0.25, -0.2) is 4.39 Å². The minimum Gasteiger partial charge on any atom is -0.368 e. The average molecular weight is 442 g/mol. The number of nitrogens with zero attached hydrogens (tertiary/aromatic N) is 5. The summed E-state index contributed by atoms with van der Waals surface area (Å²) in [5.41, 5.74) is 2.95. The van der Waals surface area contributed by atoms with Crippen molar-refractivity contribution in [3.63, 3.8) is 0 Å². The highest BCUT2D eigenvalue weighted by molar-refractivity contribution is 6.37. The van der Waals surface area contributed by atoms with Crippen LogP contribution in [0.2, 0.25) is 5.02 Å². The summed E-state index contributed by atoms with van der Waals surface area (Å²) in [6, 6.07) is 8.21. The van der Waals surface area contributed by atoms with Crippen molar-refractivity contribution in [1.29, 1.82) is 0 Å². The molecule has 0 aliphatic carbocycles. The third-order valence-electron chi connectivity index (χ3n) is 5.75. The fourth-order valence-electron chi connectivity index (χ4n) is 4.55. The van der Waals surface area contributed by atoms with E-state index in [-0.39, 0.29) is 5.82 Å². The molecule has 0 bridgehead atoms. The minimum absolute atomic E-state index is 0.348. The maximum Gasteiger partial charge on any atom is 0.161 e. The second kappa shape index (κ2) is 7.39. The third kappa shape index (κ3) is 3.59. The predicted octanol–water partition coefficient (Wildman–Crippen LogP) is 4.18. The van der Waals surface area contributed by atoms with Gasteiger partial charge in [0.15, 0.2) is 11.6 Å². The van der Waals surface area contributed by atoms with Crippen molar-refractivity contribution >= 4 is 50.6 Å². The molecule has 2 aromatic carbocycles. The van der Waals surface area contributed by atoms with Gasteiger partial charge in [0.25, 0.3) is 0 Å². The zero-order valence-corrected chi connectivity index (χ0v) is 18.7. The molecule has 1 aliphatic heterocycles. The molecule has 2 atom stereocenters. The van der Waals surface area contributed by atoms with E-state index in [1.54, 1.807) is 22.6 Å². The number of piperazine rings is 1. The lowest BCUT2D eigenvalue weighted by Crippen LogP contribution is -2.54. The number of nitrogens with one attached hydrogen (secondary N) is 2. The average Bonchev–Trinajstić information content (AvgIpc) is 3.21. The van der Waals surface area contributed by atoms with Crippen molar-refractivity contribution in [2.75, 3.05) is 23.3 Å². The molecule has 1 saturated heterocycles. The smallest absolute Gasteiger partial charge is 0.161 e. The van der Waals surface area contributed by atoms with Gasteiger partial charge in [0.1, 0.15) is 5.52 Å². The molecule has 4 aromatic rings. The zero-order chi connectivity index (χ0) is 21.9. The van der Waals surface area contributed by atoms with Gasteiger partial charge in [0, 0.05) is 62.2 Å². The van der Waals surface area contributed by atoms with Crippen LogP contribution < -0.4 is 15.5 Å². The highest BCUT2D eigenvalue weighted by Crippen LogP contribution is 2.36. The van der Waals surface area contributed by atoms with Crippen LogP contribution in [0.3, 0.4) is 0 Å². The first-order valence-electron chi connectivity index (χ1n) is 10.4. The second-order valence-corrected chi connectivity index (χ2v) is 8.90. The van der Waals surface area contributed by atoms with Gasteiger partial charge in [-0.3, -0.25) is 9.36 Å². The summed E-state index contributed by atoms with van der Waals surface area (Å²) in [7, 11) is 3.66. The molecule has 5 rings (SSSR count). The van der Waals surface area contributed by atoms with Crippen molar-refractivity contribution < 1.29 is 4.39 Å². The number of hydrogen-bond acceptors (Lipinski definition) is 5. The fourth-order valence-corrected chi connectivity index (χ4v) is 4.85. The summed E-state index contributed by atoms with van der Waals surface area (Å²) in [4.78, 5) is 2.35. The monoisotopic (exact) mass is 441 g/mol. The molecule has 9 heteroatoms. The molecular weight excluding hydrogens is 417 g/mol. The van der Waals surface area contributed by atoms with Gasteiger partial charge in [-0.1, -0.05) is 11.6 Å². The maximum atomic E-state index is 14.5.